The molecule has 0 aromatic heterocycles. The minimum absolute atomic E-state index is 0.248. The van der Waals surface area contributed by atoms with Gasteiger partial charge in [0, 0.05) is 19.8 Å². The number of ether oxygens (including phenoxy) is 7. The van der Waals surface area contributed by atoms with Gasteiger partial charge in [0.2, 0.25) is 11.8 Å². The molecule has 4 rings (SSSR count). The fraction of sp³-hybridized carbons (Fsp3) is 0.932. The van der Waals surface area contributed by atoms with Crippen LogP contribution < -0.4 is 10.6 Å². The fourth-order valence-electron chi connectivity index (χ4n) is 11.4. The van der Waals surface area contributed by atoms with E-state index in [4.69, 9.17) is 33.2 Å². The fourth-order valence-corrected chi connectivity index (χ4v) is 11.4. The highest BCUT2D eigenvalue weighted by Gasteiger charge is 2.60. The Morgan fingerprint density at radius 2 is 1.18 bits per heavy atom. The van der Waals surface area contributed by atoms with Gasteiger partial charge in [0.05, 0.1) is 50.7 Å². The van der Waals surface area contributed by atoms with Crippen molar-refractivity contribution >= 4 is 11.8 Å². The van der Waals surface area contributed by atoms with E-state index in [0.29, 0.717) is 6.42 Å². The standard InChI is InChI=1S/C59H108N2O19/c1-4-6-8-10-12-14-16-18-19-21-23-25-27-29-31-33-47(69)61-41(42(66)32-30-28-26-24-22-20-17-15-13-11-9-7-5-2)38-74-57-52(73)51(72)53(46(37-64)77-57)78-58-56-55(50(71)45(36-63)76-58)80-59(39-75-56)34-43(67)48(60-40(3)65)54(79-59)49(70)44(68)35-62/h30,32,41-46,48-58,62-64,66-68,70-73H,4-29,31,33-39H2,1-3H3,(H,60,65)(H,61,69)/b32-30+/t41-,42+,43?,44-,45?,46+,48?,49+,50?,51+,52+,53+,54?,55?,56?,57+,58?,59?/m0/s1. The van der Waals surface area contributed by atoms with E-state index in [0.717, 1.165) is 44.9 Å². The van der Waals surface area contributed by atoms with Gasteiger partial charge in [-0.2, -0.15) is 0 Å². The second-order valence-corrected chi connectivity index (χ2v) is 23.1. The Morgan fingerprint density at radius 3 is 1.70 bits per heavy atom. The molecule has 0 bridgehead atoms. The molecule has 4 heterocycles. The largest absolute Gasteiger partial charge is 0.394 e. The van der Waals surface area contributed by atoms with Gasteiger partial charge in [-0.1, -0.05) is 180 Å². The van der Waals surface area contributed by atoms with Crippen LogP contribution in [0.5, 0.6) is 0 Å². The summed E-state index contributed by atoms with van der Waals surface area (Å²) in [6.07, 6.45) is 12.2. The third-order valence-corrected chi connectivity index (χ3v) is 16.2. The molecular weight excluding hydrogens is 1040 g/mol. The average molecular weight is 1150 g/mol. The zero-order valence-electron chi connectivity index (χ0n) is 48.7. The Hall–Kier alpha value is -2.00. The van der Waals surface area contributed by atoms with Crippen LogP contribution in [0.2, 0.25) is 0 Å². The minimum Gasteiger partial charge on any atom is -0.394 e. The monoisotopic (exact) mass is 1150 g/mol. The molecule has 9 unspecified atom stereocenters. The van der Waals surface area contributed by atoms with Crippen molar-refractivity contribution in [2.24, 2.45) is 0 Å². The summed E-state index contributed by atoms with van der Waals surface area (Å²) >= 11 is 0. The molecule has 4 fully saturated rings. The molecular formula is C59H108N2O19. The molecule has 0 aromatic carbocycles. The first kappa shape index (κ1) is 70.5. The van der Waals surface area contributed by atoms with Crippen molar-refractivity contribution in [1.82, 2.24) is 10.6 Å². The molecule has 0 aliphatic carbocycles. The topological polar surface area (TPSA) is 325 Å². The summed E-state index contributed by atoms with van der Waals surface area (Å²) in [7, 11) is 0. The molecule has 1 spiro atoms. The van der Waals surface area contributed by atoms with E-state index >= 15 is 0 Å². The molecule has 468 valence electrons. The van der Waals surface area contributed by atoms with Crippen molar-refractivity contribution in [1.29, 1.82) is 0 Å². The minimum atomic E-state index is -1.93. The molecule has 21 nitrogen and oxygen atoms in total. The number of unbranched alkanes of at least 4 members (excludes halogenated alkanes) is 25. The first-order chi connectivity index (χ1) is 38.6. The van der Waals surface area contributed by atoms with Crippen molar-refractivity contribution in [3.8, 4) is 0 Å². The lowest BCUT2D eigenvalue weighted by molar-refractivity contribution is -0.434. The van der Waals surface area contributed by atoms with Gasteiger partial charge < -0.3 is 94.9 Å². The van der Waals surface area contributed by atoms with Gasteiger partial charge in [-0.05, 0) is 19.3 Å². The molecule has 4 aliphatic heterocycles. The van der Waals surface area contributed by atoms with Crippen LogP contribution >= 0.6 is 0 Å². The summed E-state index contributed by atoms with van der Waals surface area (Å²) in [6, 6.07) is -2.24. The lowest BCUT2D eigenvalue weighted by Crippen LogP contribution is -2.73. The van der Waals surface area contributed by atoms with Crippen LogP contribution in [0.25, 0.3) is 0 Å². The normalized spacial score (nSPS) is 31.4. The first-order valence-corrected chi connectivity index (χ1v) is 31.0. The molecule has 12 N–H and O–H groups in total. The SMILES string of the molecule is CCCCCCCCCCCCC/C=C/[C@@H](O)[C@H](CO[C@@H]1O[C@H](CO)[C@@H](OC2OC(CO)C(O)C3OC4(COC23)CC(O)C(NC(C)=O)C([C@H](O)[C@@H](O)CO)O4)[C@H](O)[C@H]1O)NC(=O)CCCCCCCCCCCCCCCCC. The maximum absolute atomic E-state index is 13.4. The van der Waals surface area contributed by atoms with Crippen LogP contribution in [0.3, 0.4) is 0 Å². The van der Waals surface area contributed by atoms with Crippen LogP contribution in [0.15, 0.2) is 12.2 Å². The summed E-state index contributed by atoms with van der Waals surface area (Å²) in [5.41, 5.74) is 0. The van der Waals surface area contributed by atoms with Crippen LogP contribution in [0, 0.1) is 0 Å². The van der Waals surface area contributed by atoms with Crippen molar-refractivity contribution in [3.63, 3.8) is 0 Å². The molecule has 21 heteroatoms. The number of fused-ring (bicyclic) bond motifs is 1. The highest BCUT2D eigenvalue weighted by molar-refractivity contribution is 5.76. The van der Waals surface area contributed by atoms with Crippen LogP contribution in [-0.4, -0.2) is 206 Å². The Balaban J connectivity index is 1.34. The first-order valence-electron chi connectivity index (χ1n) is 31.0. The number of nitrogens with one attached hydrogen (secondary N) is 2. The number of rotatable bonds is 42. The second-order valence-electron chi connectivity index (χ2n) is 23.1. The Kier molecular flexibility index (Phi) is 34.9. The number of carbonyl (C=O) groups excluding carboxylic acids is 2. The number of allylic oxidation sites excluding steroid dienone is 1. The van der Waals surface area contributed by atoms with Gasteiger partial charge in [-0.15, -0.1) is 0 Å². The number of carbonyl (C=O) groups is 2. The van der Waals surface area contributed by atoms with Crippen molar-refractivity contribution in [3.05, 3.63) is 12.2 Å². The zero-order valence-corrected chi connectivity index (χ0v) is 48.7. The number of aliphatic hydroxyl groups excluding tert-OH is 10. The molecule has 4 aliphatic rings. The van der Waals surface area contributed by atoms with Gasteiger partial charge >= 0.3 is 0 Å². The second kappa shape index (κ2) is 39.6. The average Bonchev–Trinajstić information content (AvgIpc) is 3.65. The van der Waals surface area contributed by atoms with Gasteiger partial charge in [0.25, 0.3) is 0 Å². The lowest BCUT2D eigenvalue weighted by atomic mass is 9.87. The van der Waals surface area contributed by atoms with E-state index < -0.39 is 142 Å². The molecule has 0 saturated carbocycles. The molecule has 4 saturated heterocycles. The quantitative estimate of drug-likeness (QED) is 0.0302. The van der Waals surface area contributed by atoms with Gasteiger partial charge in [-0.3, -0.25) is 9.59 Å². The maximum atomic E-state index is 13.4. The predicted molar refractivity (Wildman–Crippen MR) is 298 cm³/mol. The molecule has 0 radical (unpaired) electrons. The zero-order chi connectivity index (χ0) is 58.3. The maximum Gasteiger partial charge on any atom is 0.220 e. The third-order valence-electron chi connectivity index (χ3n) is 16.2. The summed E-state index contributed by atoms with van der Waals surface area (Å²) in [6.45, 7) is 2.35. The van der Waals surface area contributed by atoms with Crippen molar-refractivity contribution < 1.29 is 93.8 Å². The summed E-state index contributed by atoms with van der Waals surface area (Å²) in [5.74, 6) is -2.79. The van der Waals surface area contributed by atoms with E-state index in [2.05, 4.69) is 24.5 Å². The number of hydrogen-bond donors (Lipinski definition) is 12. The Morgan fingerprint density at radius 1 is 0.650 bits per heavy atom. The third kappa shape index (κ3) is 23.8. The molecule has 0 aromatic rings. The molecule has 18 atom stereocenters. The number of aliphatic hydroxyl groups is 10. The van der Waals surface area contributed by atoms with E-state index in [1.165, 1.54) is 129 Å². The molecule has 2 amide bonds. The Labute approximate surface area is 476 Å². The van der Waals surface area contributed by atoms with Gasteiger partial charge in [0.1, 0.15) is 73.8 Å². The Bertz CT molecular complexity index is 1670. The van der Waals surface area contributed by atoms with Crippen molar-refractivity contribution in [2.45, 2.75) is 317 Å². The van der Waals surface area contributed by atoms with Crippen LogP contribution in [0.1, 0.15) is 207 Å². The van der Waals surface area contributed by atoms with Crippen LogP contribution in [0.4, 0.5) is 0 Å². The van der Waals surface area contributed by atoms with Crippen molar-refractivity contribution in [2.75, 3.05) is 33.0 Å². The van der Waals surface area contributed by atoms with Gasteiger partial charge in [-0.25, -0.2) is 0 Å². The molecule has 80 heavy (non-hydrogen) atoms. The lowest BCUT2D eigenvalue weighted by Gasteiger charge is -2.56. The number of amides is 2. The number of hydrogen-bond acceptors (Lipinski definition) is 19. The van der Waals surface area contributed by atoms with Crippen LogP contribution in [-0.2, 0) is 42.7 Å². The summed E-state index contributed by atoms with van der Waals surface area (Å²) in [5, 5.41) is 114. The smallest absolute Gasteiger partial charge is 0.220 e. The highest BCUT2D eigenvalue weighted by Crippen LogP contribution is 2.42. The van der Waals surface area contributed by atoms with E-state index in [-0.39, 0.29) is 25.4 Å². The van der Waals surface area contributed by atoms with E-state index in [1.54, 1.807) is 6.08 Å². The predicted octanol–water partition coefficient (Wildman–Crippen LogP) is 4.12. The van der Waals surface area contributed by atoms with E-state index in [1.807, 2.05) is 6.08 Å². The summed E-state index contributed by atoms with van der Waals surface area (Å²) in [4.78, 5) is 25.4. The van der Waals surface area contributed by atoms with E-state index in [9.17, 15) is 60.7 Å². The summed E-state index contributed by atoms with van der Waals surface area (Å²) < 4.78 is 42.6. The van der Waals surface area contributed by atoms with Gasteiger partial charge in [0.15, 0.2) is 18.4 Å². The highest BCUT2D eigenvalue weighted by atomic mass is 16.8.